The third-order valence-corrected chi connectivity index (χ3v) is 2.21. The molecule has 0 aromatic heterocycles. The average molecular weight is 212 g/mol. The first-order valence-corrected chi connectivity index (χ1v) is 4.85. The molecule has 0 radical (unpaired) electrons. The van der Waals surface area contributed by atoms with Crippen LogP contribution in [0.3, 0.4) is 0 Å². The summed E-state index contributed by atoms with van der Waals surface area (Å²) in [5.41, 5.74) is 0.551. The maximum Gasteiger partial charge on any atom is 0.274 e. The van der Waals surface area contributed by atoms with Crippen LogP contribution in [-0.4, -0.2) is 11.7 Å². The molecule has 1 N–H and O–H groups in total. The molecule has 15 heavy (non-hydrogen) atoms. The number of aliphatic hydroxyl groups is 1. The summed E-state index contributed by atoms with van der Waals surface area (Å²) in [5, 5.41) is 8.84. The third kappa shape index (κ3) is 3.44. The van der Waals surface area contributed by atoms with Crippen LogP contribution in [0.25, 0.3) is 5.57 Å². The maximum atomic E-state index is 12.7. The first kappa shape index (κ1) is 11.9. The lowest BCUT2D eigenvalue weighted by Crippen LogP contribution is -2.02. The summed E-state index contributed by atoms with van der Waals surface area (Å²) in [6.07, 6.45) is -1.47. The van der Waals surface area contributed by atoms with Crippen molar-refractivity contribution >= 4 is 5.57 Å². The van der Waals surface area contributed by atoms with E-state index in [1.807, 2.05) is 0 Å². The Morgan fingerprint density at radius 3 is 2.33 bits per heavy atom. The van der Waals surface area contributed by atoms with Gasteiger partial charge in [-0.3, -0.25) is 0 Å². The van der Waals surface area contributed by atoms with Crippen molar-refractivity contribution in [2.45, 2.75) is 13.3 Å². The van der Waals surface area contributed by atoms with Crippen molar-refractivity contribution in [1.29, 1.82) is 0 Å². The van der Waals surface area contributed by atoms with E-state index in [0.29, 0.717) is 5.56 Å². The van der Waals surface area contributed by atoms with Crippen LogP contribution in [0.4, 0.5) is 8.78 Å². The highest BCUT2D eigenvalue weighted by Gasteiger charge is 2.12. The number of halogens is 2. The van der Waals surface area contributed by atoms with E-state index < -0.39 is 6.08 Å². The Labute approximate surface area is 88.1 Å². The molecule has 82 valence electrons. The molecule has 0 saturated carbocycles. The largest absolute Gasteiger partial charge is 0.396 e. The van der Waals surface area contributed by atoms with Crippen molar-refractivity contribution in [3.63, 3.8) is 0 Å². The van der Waals surface area contributed by atoms with Gasteiger partial charge in [-0.25, -0.2) is 0 Å². The number of hydrogen-bond donors (Lipinski definition) is 1. The molecule has 1 unspecified atom stereocenters. The second-order valence-corrected chi connectivity index (χ2v) is 3.60. The lowest BCUT2D eigenvalue weighted by molar-refractivity contribution is 0.239. The molecule has 1 aromatic carbocycles. The summed E-state index contributed by atoms with van der Waals surface area (Å²) in [4.78, 5) is 0. The molecule has 1 nitrogen and oxygen atoms in total. The van der Waals surface area contributed by atoms with E-state index in [9.17, 15) is 8.78 Å². The van der Waals surface area contributed by atoms with E-state index in [-0.39, 0.29) is 24.5 Å². The zero-order valence-electron chi connectivity index (χ0n) is 8.58. The van der Waals surface area contributed by atoms with Gasteiger partial charge in [0.15, 0.2) is 0 Å². The minimum absolute atomic E-state index is 0.0251. The van der Waals surface area contributed by atoms with Gasteiger partial charge in [-0.2, -0.15) is 8.78 Å². The van der Waals surface area contributed by atoms with Gasteiger partial charge in [0, 0.05) is 12.2 Å². The van der Waals surface area contributed by atoms with Crippen LogP contribution in [0.2, 0.25) is 0 Å². The van der Waals surface area contributed by atoms with Gasteiger partial charge >= 0.3 is 0 Å². The Morgan fingerprint density at radius 1 is 1.27 bits per heavy atom. The molecular weight excluding hydrogens is 198 g/mol. The van der Waals surface area contributed by atoms with Crippen LogP contribution in [0.15, 0.2) is 36.4 Å². The molecule has 0 fully saturated rings. The second-order valence-electron chi connectivity index (χ2n) is 3.60. The molecule has 1 atom stereocenters. The fourth-order valence-corrected chi connectivity index (χ4v) is 1.36. The van der Waals surface area contributed by atoms with Crippen molar-refractivity contribution in [2.24, 2.45) is 5.92 Å². The van der Waals surface area contributed by atoms with E-state index in [2.05, 4.69) is 0 Å². The van der Waals surface area contributed by atoms with Crippen molar-refractivity contribution < 1.29 is 13.9 Å². The van der Waals surface area contributed by atoms with E-state index in [1.165, 1.54) is 0 Å². The highest BCUT2D eigenvalue weighted by atomic mass is 19.3. The van der Waals surface area contributed by atoms with E-state index in [4.69, 9.17) is 5.11 Å². The van der Waals surface area contributed by atoms with E-state index in [0.717, 1.165) is 0 Å². The molecule has 0 heterocycles. The predicted octanol–water partition coefficient (Wildman–Crippen LogP) is 3.31. The van der Waals surface area contributed by atoms with Crippen LogP contribution < -0.4 is 0 Å². The fraction of sp³-hybridized carbons (Fsp3) is 0.333. The maximum absolute atomic E-state index is 12.7. The number of allylic oxidation sites excluding steroid dienone is 1. The average Bonchev–Trinajstić information content (AvgIpc) is 2.26. The predicted molar refractivity (Wildman–Crippen MR) is 56.4 cm³/mol. The SMILES string of the molecule is CC(CO)CC(=C(F)F)c1ccccc1. The quantitative estimate of drug-likeness (QED) is 0.811. The van der Waals surface area contributed by atoms with Gasteiger partial charge in [-0.05, 0) is 17.9 Å². The Balaban J connectivity index is 2.91. The van der Waals surface area contributed by atoms with Crippen LogP contribution >= 0.6 is 0 Å². The molecular formula is C12H14F2O. The summed E-state index contributed by atoms with van der Waals surface area (Å²) >= 11 is 0. The number of benzene rings is 1. The molecule has 0 aliphatic carbocycles. The number of rotatable bonds is 4. The first-order valence-electron chi connectivity index (χ1n) is 4.85. The molecule has 0 bridgehead atoms. The molecule has 0 aliphatic rings. The second kappa shape index (κ2) is 5.61. The minimum Gasteiger partial charge on any atom is -0.396 e. The molecule has 0 aliphatic heterocycles. The number of hydrogen-bond acceptors (Lipinski definition) is 1. The minimum atomic E-state index is -1.67. The lowest BCUT2D eigenvalue weighted by Gasteiger charge is -2.10. The van der Waals surface area contributed by atoms with Gasteiger partial charge in [0.05, 0.1) is 0 Å². The standard InChI is InChI=1S/C12H14F2O/c1-9(8-15)7-11(12(13)14)10-5-3-2-4-6-10/h2-6,9,15H,7-8H2,1H3. The van der Waals surface area contributed by atoms with Crippen LogP contribution in [-0.2, 0) is 0 Å². The third-order valence-electron chi connectivity index (χ3n) is 2.21. The van der Waals surface area contributed by atoms with Gasteiger partial charge in [0.2, 0.25) is 0 Å². The van der Waals surface area contributed by atoms with Gasteiger partial charge < -0.3 is 5.11 Å². The summed E-state index contributed by atoms with van der Waals surface area (Å²) in [5.74, 6) is -0.151. The molecule has 0 saturated heterocycles. The van der Waals surface area contributed by atoms with Gasteiger partial charge in [-0.15, -0.1) is 0 Å². The highest BCUT2D eigenvalue weighted by Crippen LogP contribution is 2.27. The van der Waals surface area contributed by atoms with Crippen molar-refractivity contribution in [1.82, 2.24) is 0 Å². The molecule has 0 spiro atoms. The Morgan fingerprint density at radius 2 is 1.87 bits per heavy atom. The van der Waals surface area contributed by atoms with E-state index in [1.54, 1.807) is 37.3 Å². The van der Waals surface area contributed by atoms with Crippen molar-refractivity contribution in [2.75, 3.05) is 6.61 Å². The van der Waals surface area contributed by atoms with Gasteiger partial charge in [0.25, 0.3) is 6.08 Å². The number of aliphatic hydroxyl groups excluding tert-OH is 1. The zero-order chi connectivity index (χ0) is 11.3. The Bertz CT molecular complexity index is 329. The lowest BCUT2D eigenvalue weighted by atomic mass is 9.97. The zero-order valence-corrected chi connectivity index (χ0v) is 8.58. The van der Waals surface area contributed by atoms with Crippen molar-refractivity contribution in [3.8, 4) is 0 Å². The monoisotopic (exact) mass is 212 g/mol. The molecule has 0 amide bonds. The fourth-order valence-electron chi connectivity index (χ4n) is 1.36. The topological polar surface area (TPSA) is 20.2 Å². The Kier molecular flexibility index (Phi) is 4.43. The summed E-state index contributed by atoms with van der Waals surface area (Å²) in [6, 6.07) is 8.54. The van der Waals surface area contributed by atoms with Crippen LogP contribution in [0.1, 0.15) is 18.9 Å². The summed E-state index contributed by atoms with van der Waals surface area (Å²) in [6.45, 7) is 1.66. The highest BCUT2D eigenvalue weighted by molar-refractivity contribution is 5.66. The van der Waals surface area contributed by atoms with Gasteiger partial charge in [0.1, 0.15) is 0 Å². The van der Waals surface area contributed by atoms with Gasteiger partial charge in [-0.1, -0.05) is 37.3 Å². The first-order chi connectivity index (χ1) is 7.15. The summed E-state index contributed by atoms with van der Waals surface area (Å²) in [7, 11) is 0. The molecule has 3 heteroatoms. The van der Waals surface area contributed by atoms with E-state index >= 15 is 0 Å². The van der Waals surface area contributed by atoms with Crippen LogP contribution in [0.5, 0.6) is 0 Å². The normalized spacial score (nSPS) is 12.3. The molecule has 1 aromatic rings. The Hall–Kier alpha value is -1.22. The smallest absolute Gasteiger partial charge is 0.274 e. The van der Waals surface area contributed by atoms with Crippen molar-refractivity contribution in [3.05, 3.63) is 42.0 Å². The molecule has 1 rings (SSSR count). The van der Waals surface area contributed by atoms with Crippen LogP contribution in [0, 0.1) is 5.92 Å². The summed E-state index contributed by atoms with van der Waals surface area (Å²) < 4.78 is 25.4.